The maximum atomic E-state index is 12.5. The molecule has 1 aliphatic carbocycles. The smallest absolute Gasteiger partial charge is 0.176 e. The molecule has 1 aromatic heterocycles. The Balaban J connectivity index is 1.74. The molecule has 2 fully saturated rings. The van der Waals surface area contributed by atoms with Crippen LogP contribution in [0.2, 0.25) is 0 Å². The third kappa shape index (κ3) is 2.43. The van der Waals surface area contributed by atoms with Crippen molar-refractivity contribution in [2.45, 2.75) is 44.1 Å². The molecule has 1 aliphatic heterocycles. The zero-order chi connectivity index (χ0) is 12.6. The molecule has 3 rings (SSSR count). The van der Waals surface area contributed by atoms with E-state index in [0.29, 0.717) is 5.78 Å². The van der Waals surface area contributed by atoms with Crippen LogP contribution in [-0.4, -0.2) is 18.0 Å². The van der Waals surface area contributed by atoms with Crippen molar-refractivity contribution >= 4 is 33.0 Å². The van der Waals surface area contributed by atoms with E-state index in [1.54, 1.807) is 11.3 Å². The number of ether oxygens (including phenoxy) is 1. The van der Waals surface area contributed by atoms with Crippen molar-refractivity contribution in [1.29, 1.82) is 0 Å². The van der Waals surface area contributed by atoms with E-state index in [1.807, 2.05) is 12.1 Å². The van der Waals surface area contributed by atoms with E-state index in [9.17, 15) is 4.79 Å². The molecule has 2 nitrogen and oxygen atoms in total. The standard InChI is InChI=1S/C14H17BrO2S/c15-12-4-3-11(18-12)13(16)10-5-8-17-14(9-10)6-1-2-7-14/h3-4,10H,1-2,5-9H2. The van der Waals surface area contributed by atoms with Crippen molar-refractivity contribution < 1.29 is 9.53 Å². The minimum atomic E-state index is 0.0348. The van der Waals surface area contributed by atoms with Crippen molar-refractivity contribution in [3.63, 3.8) is 0 Å². The number of ketones is 1. The Hall–Kier alpha value is -0.190. The van der Waals surface area contributed by atoms with E-state index in [0.717, 1.165) is 41.0 Å². The van der Waals surface area contributed by atoms with Gasteiger partial charge in [-0.25, -0.2) is 0 Å². The molecule has 1 spiro atoms. The maximum Gasteiger partial charge on any atom is 0.176 e. The van der Waals surface area contributed by atoms with Gasteiger partial charge in [0.05, 0.1) is 14.3 Å². The van der Waals surface area contributed by atoms with Crippen LogP contribution in [0, 0.1) is 5.92 Å². The molecule has 2 heterocycles. The van der Waals surface area contributed by atoms with Gasteiger partial charge < -0.3 is 4.74 Å². The minimum absolute atomic E-state index is 0.0348. The SMILES string of the molecule is O=C(c1ccc(Br)s1)C1CCOC2(CCCC2)C1. The Morgan fingerprint density at radius 2 is 2.17 bits per heavy atom. The second kappa shape index (κ2) is 5.06. The van der Waals surface area contributed by atoms with E-state index in [4.69, 9.17) is 4.74 Å². The van der Waals surface area contributed by atoms with Gasteiger partial charge in [0.25, 0.3) is 0 Å². The Bertz CT molecular complexity index is 448. The highest BCUT2D eigenvalue weighted by atomic mass is 79.9. The number of Topliss-reactive ketones (excluding diaryl/α,β-unsaturated/α-hetero) is 1. The average molecular weight is 329 g/mol. The Labute approximate surface area is 120 Å². The minimum Gasteiger partial charge on any atom is -0.375 e. The number of carbonyl (C=O) groups excluding carboxylic acids is 1. The molecule has 2 aliphatic rings. The molecule has 18 heavy (non-hydrogen) atoms. The summed E-state index contributed by atoms with van der Waals surface area (Å²) in [5.74, 6) is 0.489. The molecule has 1 atom stereocenters. The van der Waals surface area contributed by atoms with E-state index in [2.05, 4.69) is 15.9 Å². The summed E-state index contributed by atoms with van der Waals surface area (Å²) in [6, 6.07) is 3.90. The zero-order valence-corrected chi connectivity index (χ0v) is 12.7. The van der Waals surface area contributed by atoms with E-state index >= 15 is 0 Å². The fraction of sp³-hybridized carbons (Fsp3) is 0.643. The molecule has 1 saturated carbocycles. The van der Waals surface area contributed by atoms with Crippen LogP contribution in [0.25, 0.3) is 0 Å². The van der Waals surface area contributed by atoms with Crippen molar-refractivity contribution in [3.05, 3.63) is 20.8 Å². The highest BCUT2D eigenvalue weighted by Gasteiger charge is 2.42. The van der Waals surface area contributed by atoms with Crippen LogP contribution in [0.1, 0.15) is 48.2 Å². The summed E-state index contributed by atoms with van der Waals surface area (Å²) in [4.78, 5) is 13.4. The first kappa shape index (κ1) is 12.8. The summed E-state index contributed by atoms with van der Waals surface area (Å²) in [7, 11) is 0. The molecule has 0 radical (unpaired) electrons. The van der Waals surface area contributed by atoms with E-state index in [1.165, 1.54) is 12.8 Å². The van der Waals surface area contributed by atoms with Crippen molar-refractivity contribution in [2.24, 2.45) is 5.92 Å². The normalized spacial score (nSPS) is 26.6. The maximum absolute atomic E-state index is 12.5. The summed E-state index contributed by atoms with van der Waals surface area (Å²) < 4.78 is 7.03. The Morgan fingerprint density at radius 3 is 2.83 bits per heavy atom. The molecule has 1 aromatic rings. The average Bonchev–Trinajstić information content (AvgIpc) is 2.98. The Morgan fingerprint density at radius 1 is 1.39 bits per heavy atom. The molecule has 4 heteroatoms. The number of thiophene rings is 1. The second-order valence-corrected chi connectivity index (χ2v) is 7.86. The van der Waals surface area contributed by atoms with Gasteiger partial charge in [-0.2, -0.15) is 0 Å². The van der Waals surface area contributed by atoms with Gasteiger partial charge in [0.15, 0.2) is 5.78 Å². The third-order valence-electron chi connectivity index (χ3n) is 4.19. The zero-order valence-electron chi connectivity index (χ0n) is 10.3. The summed E-state index contributed by atoms with van der Waals surface area (Å²) in [5.41, 5.74) is 0.0348. The molecule has 98 valence electrons. The number of hydrogen-bond acceptors (Lipinski definition) is 3. The molecule has 1 saturated heterocycles. The van der Waals surface area contributed by atoms with Gasteiger partial charge in [0.2, 0.25) is 0 Å². The van der Waals surface area contributed by atoms with Gasteiger partial charge >= 0.3 is 0 Å². The monoisotopic (exact) mass is 328 g/mol. The molecule has 0 aromatic carbocycles. The largest absolute Gasteiger partial charge is 0.375 e. The lowest BCUT2D eigenvalue weighted by Gasteiger charge is -2.37. The first-order valence-electron chi connectivity index (χ1n) is 6.62. The van der Waals surface area contributed by atoms with Crippen LogP contribution >= 0.6 is 27.3 Å². The summed E-state index contributed by atoms with van der Waals surface area (Å²) in [5, 5.41) is 0. The fourth-order valence-corrected chi connectivity index (χ4v) is 4.67. The van der Waals surface area contributed by atoms with Crippen molar-refractivity contribution in [2.75, 3.05) is 6.61 Å². The van der Waals surface area contributed by atoms with E-state index < -0.39 is 0 Å². The predicted molar refractivity (Wildman–Crippen MR) is 76.2 cm³/mol. The second-order valence-electron chi connectivity index (χ2n) is 5.40. The summed E-state index contributed by atoms with van der Waals surface area (Å²) in [6.45, 7) is 0.753. The van der Waals surface area contributed by atoms with Crippen LogP contribution in [0.15, 0.2) is 15.9 Å². The van der Waals surface area contributed by atoms with Crippen molar-refractivity contribution in [3.8, 4) is 0 Å². The van der Waals surface area contributed by atoms with E-state index in [-0.39, 0.29) is 11.5 Å². The van der Waals surface area contributed by atoms with Gasteiger partial charge in [0, 0.05) is 12.5 Å². The van der Waals surface area contributed by atoms with Crippen LogP contribution < -0.4 is 0 Å². The quantitative estimate of drug-likeness (QED) is 0.750. The Kier molecular flexibility index (Phi) is 3.61. The molecular weight excluding hydrogens is 312 g/mol. The van der Waals surface area contributed by atoms with Crippen molar-refractivity contribution in [1.82, 2.24) is 0 Å². The fourth-order valence-electron chi connectivity index (χ4n) is 3.27. The number of rotatable bonds is 2. The lowest BCUT2D eigenvalue weighted by Crippen LogP contribution is -2.39. The highest BCUT2D eigenvalue weighted by molar-refractivity contribution is 9.11. The highest BCUT2D eigenvalue weighted by Crippen LogP contribution is 2.43. The topological polar surface area (TPSA) is 26.3 Å². The molecule has 0 bridgehead atoms. The van der Waals surface area contributed by atoms with Gasteiger partial charge in [-0.05, 0) is 53.7 Å². The van der Waals surface area contributed by atoms with Crippen LogP contribution in [0.4, 0.5) is 0 Å². The lowest BCUT2D eigenvalue weighted by molar-refractivity contribution is -0.0865. The van der Waals surface area contributed by atoms with Crippen LogP contribution in [0.5, 0.6) is 0 Å². The first-order chi connectivity index (χ1) is 8.69. The lowest BCUT2D eigenvalue weighted by atomic mass is 9.82. The third-order valence-corrected chi connectivity index (χ3v) is 5.83. The first-order valence-corrected chi connectivity index (χ1v) is 8.23. The number of halogens is 1. The van der Waals surface area contributed by atoms with Gasteiger partial charge in [-0.3, -0.25) is 4.79 Å². The number of carbonyl (C=O) groups is 1. The summed E-state index contributed by atoms with van der Waals surface area (Å²) in [6.07, 6.45) is 6.62. The van der Waals surface area contributed by atoms with Crippen LogP contribution in [0.3, 0.4) is 0 Å². The van der Waals surface area contributed by atoms with Gasteiger partial charge in [-0.1, -0.05) is 12.8 Å². The molecule has 1 unspecified atom stereocenters. The molecule has 0 amide bonds. The molecular formula is C14H17BrO2S. The predicted octanol–water partition coefficient (Wildman–Crippen LogP) is 4.43. The number of hydrogen-bond donors (Lipinski definition) is 0. The molecule has 0 N–H and O–H groups in total. The summed E-state index contributed by atoms with van der Waals surface area (Å²) >= 11 is 4.97. The van der Waals surface area contributed by atoms with Gasteiger partial charge in [-0.15, -0.1) is 11.3 Å². The van der Waals surface area contributed by atoms with Gasteiger partial charge in [0.1, 0.15) is 0 Å². The van der Waals surface area contributed by atoms with Crippen LogP contribution in [-0.2, 0) is 4.74 Å².